The number of carbonyl (C=O) groups excluding carboxylic acids is 2. The maximum Gasteiger partial charge on any atom is 0.306 e. The van der Waals surface area contributed by atoms with Crippen molar-refractivity contribution in [1.29, 1.82) is 0 Å². The number of esters is 1. The number of hydrogen-bond acceptors (Lipinski definition) is 5. The lowest BCUT2D eigenvalue weighted by Gasteiger charge is -2.17. The van der Waals surface area contributed by atoms with Crippen molar-refractivity contribution in [1.82, 2.24) is 14.9 Å². The van der Waals surface area contributed by atoms with Gasteiger partial charge in [-0.25, -0.2) is 4.98 Å². The molecule has 1 atom stereocenters. The fourth-order valence-corrected chi connectivity index (χ4v) is 2.85. The van der Waals surface area contributed by atoms with Gasteiger partial charge in [-0.05, 0) is 31.4 Å². The Kier molecular flexibility index (Phi) is 8.36. The van der Waals surface area contributed by atoms with Crippen LogP contribution in [0.5, 0.6) is 0 Å². The van der Waals surface area contributed by atoms with E-state index < -0.39 is 5.97 Å². The van der Waals surface area contributed by atoms with Crippen molar-refractivity contribution in [2.45, 2.75) is 66.0 Å². The number of nitrogens with one attached hydrogen (secondary N) is 1. The molecule has 1 amide bonds. The Balaban J connectivity index is 2.01. The summed E-state index contributed by atoms with van der Waals surface area (Å²) in [5.74, 6) is -0.555. The van der Waals surface area contributed by atoms with Crippen LogP contribution in [0.2, 0.25) is 0 Å². The Labute approximate surface area is 171 Å². The molecule has 29 heavy (non-hydrogen) atoms. The zero-order chi connectivity index (χ0) is 21.4. The van der Waals surface area contributed by atoms with Gasteiger partial charge < -0.3 is 14.6 Å². The largest absolute Gasteiger partial charge is 0.456 e. The van der Waals surface area contributed by atoms with Gasteiger partial charge in [0.05, 0.1) is 17.5 Å². The molecule has 0 aliphatic carbocycles. The maximum atomic E-state index is 12.8. The van der Waals surface area contributed by atoms with Gasteiger partial charge in [0, 0.05) is 19.0 Å². The smallest absolute Gasteiger partial charge is 0.306 e. The van der Waals surface area contributed by atoms with E-state index in [-0.39, 0.29) is 37.0 Å². The van der Waals surface area contributed by atoms with E-state index in [2.05, 4.69) is 17.2 Å². The normalized spacial score (nSPS) is 12.2. The number of para-hydroxylation sites is 2. The van der Waals surface area contributed by atoms with E-state index >= 15 is 0 Å². The van der Waals surface area contributed by atoms with Crippen LogP contribution >= 0.6 is 0 Å². The summed E-state index contributed by atoms with van der Waals surface area (Å²) in [7, 11) is 0. The van der Waals surface area contributed by atoms with Crippen LogP contribution in [0.3, 0.4) is 0 Å². The van der Waals surface area contributed by atoms with Crippen LogP contribution in [0.1, 0.15) is 52.7 Å². The standard InChI is InChI=1S/C22H31N3O4/c1-5-6-13-25-19-10-8-7-9-17(19)24-18(22(25)28)11-12-21(27)29-14-20(26)23-16(4)15(2)3/h7-10,15-16H,5-6,11-14H2,1-4H3,(H,23,26)/t16-/m1/s1. The Bertz CT molecular complexity index is 905. The van der Waals surface area contributed by atoms with Crippen molar-refractivity contribution >= 4 is 22.9 Å². The van der Waals surface area contributed by atoms with Gasteiger partial charge >= 0.3 is 5.97 Å². The van der Waals surface area contributed by atoms with Crippen LogP contribution in [-0.2, 0) is 27.3 Å². The number of benzene rings is 1. The van der Waals surface area contributed by atoms with Crippen LogP contribution in [0, 0.1) is 5.92 Å². The van der Waals surface area contributed by atoms with Crippen LogP contribution < -0.4 is 10.9 Å². The van der Waals surface area contributed by atoms with Crippen molar-refractivity contribution in [3.8, 4) is 0 Å². The molecule has 1 N–H and O–H groups in total. The number of nitrogens with zero attached hydrogens (tertiary/aromatic N) is 2. The van der Waals surface area contributed by atoms with E-state index in [1.165, 1.54) is 0 Å². The fourth-order valence-electron chi connectivity index (χ4n) is 2.85. The molecule has 1 aromatic heterocycles. The van der Waals surface area contributed by atoms with E-state index in [9.17, 15) is 14.4 Å². The summed E-state index contributed by atoms with van der Waals surface area (Å²) in [6.07, 6.45) is 2.04. The highest BCUT2D eigenvalue weighted by atomic mass is 16.5. The Morgan fingerprint density at radius 2 is 1.93 bits per heavy atom. The molecule has 158 valence electrons. The lowest BCUT2D eigenvalue weighted by atomic mass is 10.1. The summed E-state index contributed by atoms with van der Waals surface area (Å²) in [5, 5.41) is 2.78. The third kappa shape index (κ3) is 6.41. The molecule has 0 radical (unpaired) electrons. The zero-order valence-electron chi connectivity index (χ0n) is 17.7. The van der Waals surface area contributed by atoms with Gasteiger partial charge in [0.15, 0.2) is 6.61 Å². The number of fused-ring (bicyclic) bond motifs is 1. The van der Waals surface area contributed by atoms with Gasteiger partial charge in [0.1, 0.15) is 5.69 Å². The number of aryl methyl sites for hydroxylation is 2. The minimum atomic E-state index is -0.521. The predicted octanol–water partition coefficient (Wildman–Crippen LogP) is 2.83. The van der Waals surface area contributed by atoms with Crippen molar-refractivity contribution < 1.29 is 14.3 Å². The van der Waals surface area contributed by atoms with Gasteiger partial charge in [-0.2, -0.15) is 0 Å². The summed E-state index contributed by atoms with van der Waals surface area (Å²) in [6, 6.07) is 7.50. The zero-order valence-corrected chi connectivity index (χ0v) is 17.7. The van der Waals surface area contributed by atoms with Crippen molar-refractivity contribution in [3.63, 3.8) is 0 Å². The van der Waals surface area contributed by atoms with Crippen LogP contribution in [0.25, 0.3) is 11.0 Å². The first-order valence-corrected chi connectivity index (χ1v) is 10.3. The summed E-state index contributed by atoms with van der Waals surface area (Å²) in [6.45, 7) is 8.27. The molecule has 0 saturated heterocycles. The monoisotopic (exact) mass is 401 g/mol. The third-order valence-electron chi connectivity index (χ3n) is 4.97. The number of amides is 1. The molecule has 7 heteroatoms. The van der Waals surface area contributed by atoms with E-state index in [1.807, 2.05) is 45.0 Å². The Morgan fingerprint density at radius 1 is 1.21 bits per heavy atom. The highest BCUT2D eigenvalue weighted by Gasteiger charge is 2.15. The van der Waals surface area contributed by atoms with Crippen molar-refractivity contribution in [2.24, 2.45) is 5.92 Å². The molecule has 0 spiro atoms. The molecule has 2 rings (SSSR count). The average molecular weight is 402 g/mol. The molecule has 2 aromatic rings. The highest BCUT2D eigenvalue weighted by Crippen LogP contribution is 2.12. The first-order chi connectivity index (χ1) is 13.8. The number of ether oxygens (including phenoxy) is 1. The number of unbranched alkanes of at least 4 members (excludes halogenated alkanes) is 1. The molecule has 1 aromatic carbocycles. The minimum absolute atomic E-state index is 0.00136. The Hall–Kier alpha value is -2.70. The van der Waals surface area contributed by atoms with Crippen molar-refractivity contribution in [2.75, 3.05) is 6.61 Å². The molecule has 7 nitrogen and oxygen atoms in total. The first-order valence-electron chi connectivity index (χ1n) is 10.3. The lowest BCUT2D eigenvalue weighted by molar-refractivity contribution is -0.148. The minimum Gasteiger partial charge on any atom is -0.456 e. The van der Waals surface area contributed by atoms with Crippen molar-refractivity contribution in [3.05, 3.63) is 40.3 Å². The Morgan fingerprint density at radius 3 is 2.62 bits per heavy atom. The average Bonchev–Trinajstić information content (AvgIpc) is 2.70. The first kappa shape index (κ1) is 22.6. The highest BCUT2D eigenvalue weighted by molar-refractivity contribution is 5.80. The second kappa shape index (κ2) is 10.7. The van der Waals surface area contributed by atoms with E-state index in [4.69, 9.17) is 4.74 Å². The van der Waals surface area contributed by atoms with Gasteiger partial charge in [0.2, 0.25) is 0 Å². The number of rotatable bonds is 10. The molecule has 1 heterocycles. The van der Waals surface area contributed by atoms with Gasteiger partial charge in [0.25, 0.3) is 11.5 Å². The fraction of sp³-hybridized carbons (Fsp3) is 0.545. The molecule has 0 saturated carbocycles. The topological polar surface area (TPSA) is 90.3 Å². The third-order valence-corrected chi connectivity index (χ3v) is 4.97. The lowest BCUT2D eigenvalue weighted by Crippen LogP contribution is -2.38. The molecule has 0 aliphatic rings. The number of hydrogen-bond donors (Lipinski definition) is 1. The maximum absolute atomic E-state index is 12.8. The van der Waals surface area contributed by atoms with Gasteiger partial charge in [-0.3, -0.25) is 14.4 Å². The predicted molar refractivity (Wildman–Crippen MR) is 113 cm³/mol. The summed E-state index contributed by atoms with van der Waals surface area (Å²) >= 11 is 0. The SMILES string of the molecule is CCCCn1c(=O)c(CCC(=O)OCC(=O)N[C@H](C)C(C)C)nc2ccccc21. The second-order valence-corrected chi connectivity index (χ2v) is 7.62. The molecule has 0 fully saturated rings. The summed E-state index contributed by atoms with van der Waals surface area (Å²) in [4.78, 5) is 41.1. The van der Waals surface area contributed by atoms with Gasteiger partial charge in [-0.1, -0.05) is 39.3 Å². The molecule has 0 unspecified atom stereocenters. The quantitative estimate of drug-likeness (QED) is 0.618. The summed E-state index contributed by atoms with van der Waals surface area (Å²) < 4.78 is 6.77. The molecular weight excluding hydrogens is 370 g/mol. The molecule has 0 aliphatic heterocycles. The van der Waals surface area contributed by atoms with Crippen LogP contribution in [0.4, 0.5) is 0 Å². The molecule has 0 bridgehead atoms. The van der Waals surface area contributed by atoms with E-state index in [0.29, 0.717) is 18.2 Å². The van der Waals surface area contributed by atoms with E-state index in [1.54, 1.807) is 4.57 Å². The summed E-state index contributed by atoms with van der Waals surface area (Å²) in [5.41, 5.74) is 1.70. The van der Waals surface area contributed by atoms with Gasteiger partial charge in [-0.15, -0.1) is 0 Å². The number of carbonyl (C=O) groups is 2. The number of aromatic nitrogens is 2. The van der Waals surface area contributed by atoms with Crippen LogP contribution in [0.15, 0.2) is 29.1 Å². The van der Waals surface area contributed by atoms with E-state index in [0.717, 1.165) is 23.9 Å². The molecular formula is C22H31N3O4. The second-order valence-electron chi connectivity index (χ2n) is 7.62. The van der Waals surface area contributed by atoms with Crippen LogP contribution in [-0.4, -0.2) is 34.1 Å².